The van der Waals surface area contributed by atoms with Crippen LogP contribution in [0.15, 0.2) is 12.7 Å². The summed E-state index contributed by atoms with van der Waals surface area (Å²) < 4.78 is 6.57. The first-order valence-electron chi connectivity index (χ1n) is 8.03. The summed E-state index contributed by atoms with van der Waals surface area (Å²) in [6.07, 6.45) is 1.72. The summed E-state index contributed by atoms with van der Waals surface area (Å²) in [7, 11) is -1.89. The van der Waals surface area contributed by atoms with Gasteiger partial charge < -0.3 is 4.43 Å². The van der Waals surface area contributed by atoms with Gasteiger partial charge in [0, 0.05) is 11.3 Å². The van der Waals surface area contributed by atoms with Crippen LogP contribution in [0.4, 0.5) is 0 Å². The zero-order chi connectivity index (χ0) is 17.2. The first-order chi connectivity index (χ1) is 9.17. The van der Waals surface area contributed by atoms with Gasteiger partial charge in [-0.3, -0.25) is 4.79 Å². The molecule has 0 amide bonds. The van der Waals surface area contributed by atoms with Crippen LogP contribution in [0.2, 0.25) is 18.1 Å². The van der Waals surface area contributed by atoms with E-state index in [-0.39, 0.29) is 22.8 Å². The lowest BCUT2D eigenvalue weighted by Gasteiger charge is -2.42. The van der Waals surface area contributed by atoms with Crippen molar-refractivity contribution in [3.8, 4) is 0 Å². The minimum Gasteiger partial charge on any atom is -0.413 e. The second-order valence-corrected chi connectivity index (χ2v) is 13.4. The molecule has 124 valence electrons. The van der Waals surface area contributed by atoms with Crippen LogP contribution in [0, 0.1) is 17.3 Å². The minimum atomic E-state index is -1.89. The molecule has 0 N–H and O–H groups in total. The van der Waals surface area contributed by atoms with E-state index in [9.17, 15) is 4.79 Å². The minimum absolute atomic E-state index is 0.0300. The SMILES string of the molecule is C=CC(C)(C)C(=O)[C@@H](C)[C@H](O[Si](C)(C)C(C)(C)C)C(C)C. The molecule has 0 aromatic heterocycles. The molecule has 0 radical (unpaired) electrons. The molecule has 0 rings (SSSR count). The van der Waals surface area contributed by atoms with E-state index < -0.39 is 13.7 Å². The predicted molar refractivity (Wildman–Crippen MR) is 95.1 cm³/mol. The zero-order valence-corrected chi connectivity index (χ0v) is 16.8. The van der Waals surface area contributed by atoms with Gasteiger partial charge in [0.1, 0.15) is 5.78 Å². The highest BCUT2D eigenvalue weighted by atomic mass is 28.4. The Hall–Kier alpha value is -0.413. The smallest absolute Gasteiger partial charge is 0.192 e. The van der Waals surface area contributed by atoms with E-state index in [1.165, 1.54) is 0 Å². The fourth-order valence-electron chi connectivity index (χ4n) is 2.17. The summed E-state index contributed by atoms with van der Waals surface area (Å²) in [5.41, 5.74) is -0.497. The molecule has 3 heteroatoms. The van der Waals surface area contributed by atoms with Crippen LogP contribution in [0.25, 0.3) is 0 Å². The van der Waals surface area contributed by atoms with Crippen molar-refractivity contribution < 1.29 is 9.22 Å². The Balaban J connectivity index is 5.36. The van der Waals surface area contributed by atoms with E-state index in [1.54, 1.807) is 6.08 Å². The van der Waals surface area contributed by atoms with Crippen molar-refractivity contribution in [1.82, 2.24) is 0 Å². The number of carbonyl (C=O) groups is 1. The lowest BCUT2D eigenvalue weighted by Crippen LogP contribution is -2.49. The average molecular weight is 313 g/mol. The highest BCUT2D eigenvalue weighted by Crippen LogP contribution is 2.40. The third-order valence-corrected chi connectivity index (χ3v) is 9.42. The van der Waals surface area contributed by atoms with E-state index >= 15 is 0 Å². The van der Waals surface area contributed by atoms with Crippen molar-refractivity contribution in [3.05, 3.63) is 12.7 Å². The van der Waals surface area contributed by atoms with Gasteiger partial charge in [0.2, 0.25) is 0 Å². The van der Waals surface area contributed by atoms with E-state index in [1.807, 2.05) is 20.8 Å². The van der Waals surface area contributed by atoms with E-state index in [0.29, 0.717) is 5.92 Å². The van der Waals surface area contributed by atoms with Gasteiger partial charge in [-0.1, -0.05) is 47.6 Å². The van der Waals surface area contributed by atoms with Gasteiger partial charge in [0.25, 0.3) is 0 Å². The van der Waals surface area contributed by atoms with Crippen molar-refractivity contribution in [2.45, 2.75) is 79.6 Å². The zero-order valence-electron chi connectivity index (χ0n) is 15.8. The molecule has 0 aromatic carbocycles. The molecule has 0 bridgehead atoms. The number of carbonyl (C=O) groups excluding carboxylic acids is 1. The maximum absolute atomic E-state index is 12.7. The molecule has 0 unspecified atom stereocenters. The molecule has 0 fully saturated rings. The van der Waals surface area contributed by atoms with Gasteiger partial charge in [-0.15, -0.1) is 6.58 Å². The first-order valence-corrected chi connectivity index (χ1v) is 10.9. The fraction of sp³-hybridized carbons (Fsp3) is 0.833. The Morgan fingerprint density at radius 3 is 1.81 bits per heavy atom. The summed E-state index contributed by atoms with van der Waals surface area (Å²) in [4.78, 5) is 12.7. The molecule has 0 aliphatic heterocycles. The van der Waals surface area contributed by atoms with Crippen molar-refractivity contribution in [3.63, 3.8) is 0 Å². The number of allylic oxidation sites excluding steroid dienone is 1. The predicted octanol–water partition coefficient (Wildman–Crippen LogP) is 5.45. The van der Waals surface area contributed by atoms with Crippen molar-refractivity contribution >= 4 is 14.1 Å². The molecule has 0 saturated heterocycles. The molecule has 2 nitrogen and oxygen atoms in total. The van der Waals surface area contributed by atoms with E-state index in [0.717, 1.165) is 0 Å². The number of hydrogen-bond donors (Lipinski definition) is 0. The summed E-state index contributed by atoms with van der Waals surface area (Å²) in [6, 6.07) is 0. The Morgan fingerprint density at radius 2 is 1.52 bits per heavy atom. The number of hydrogen-bond acceptors (Lipinski definition) is 2. The van der Waals surface area contributed by atoms with Crippen molar-refractivity contribution in [2.24, 2.45) is 17.3 Å². The topological polar surface area (TPSA) is 26.3 Å². The quantitative estimate of drug-likeness (QED) is 0.461. The van der Waals surface area contributed by atoms with Crippen LogP contribution in [0.1, 0.15) is 55.4 Å². The van der Waals surface area contributed by atoms with Crippen molar-refractivity contribution in [1.29, 1.82) is 0 Å². The normalized spacial score (nSPS) is 16.7. The monoisotopic (exact) mass is 312 g/mol. The van der Waals surface area contributed by atoms with Crippen LogP contribution in [0.3, 0.4) is 0 Å². The van der Waals surface area contributed by atoms with Gasteiger partial charge >= 0.3 is 0 Å². The van der Waals surface area contributed by atoms with E-state index in [4.69, 9.17) is 4.43 Å². The second kappa shape index (κ2) is 6.78. The summed E-state index contributed by atoms with van der Waals surface area (Å²) in [5, 5.41) is 0.150. The van der Waals surface area contributed by atoms with Crippen LogP contribution in [-0.2, 0) is 9.22 Å². The van der Waals surface area contributed by atoms with Gasteiger partial charge in [0.15, 0.2) is 8.32 Å². The molecule has 0 aliphatic rings. The van der Waals surface area contributed by atoms with Crippen LogP contribution < -0.4 is 0 Å². The molecule has 0 heterocycles. The van der Waals surface area contributed by atoms with Gasteiger partial charge in [-0.25, -0.2) is 0 Å². The van der Waals surface area contributed by atoms with Crippen LogP contribution in [0.5, 0.6) is 0 Å². The molecular weight excluding hydrogens is 276 g/mol. The molecule has 0 saturated carbocycles. The second-order valence-electron chi connectivity index (χ2n) is 8.67. The third kappa shape index (κ3) is 5.06. The molecule has 21 heavy (non-hydrogen) atoms. The van der Waals surface area contributed by atoms with Gasteiger partial charge in [-0.2, -0.15) is 0 Å². The standard InChI is InChI=1S/C18H36O2Si/c1-12-18(8,9)16(19)14(4)15(13(2)3)20-21(10,11)17(5,6)7/h12-15H,1H2,2-11H3/t14-,15+/m0/s1. The van der Waals surface area contributed by atoms with Crippen LogP contribution in [-0.4, -0.2) is 20.2 Å². The summed E-state index contributed by atoms with van der Waals surface area (Å²) in [6.45, 7) is 25.2. The fourth-order valence-corrected chi connectivity index (χ4v) is 3.68. The lowest BCUT2D eigenvalue weighted by atomic mass is 9.78. The highest BCUT2D eigenvalue weighted by Gasteiger charge is 2.43. The number of Topliss-reactive ketones (excluding diaryl/α,β-unsaturated/α-hetero) is 1. The van der Waals surface area contributed by atoms with Gasteiger partial charge in [-0.05, 0) is 37.9 Å². The molecule has 0 aliphatic carbocycles. The first kappa shape index (κ1) is 20.6. The van der Waals surface area contributed by atoms with Gasteiger partial charge in [0.05, 0.1) is 6.10 Å². The molecular formula is C18H36O2Si. The maximum Gasteiger partial charge on any atom is 0.192 e. The summed E-state index contributed by atoms with van der Waals surface area (Å²) in [5.74, 6) is 0.417. The van der Waals surface area contributed by atoms with Crippen molar-refractivity contribution in [2.75, 3.05) is 0 Å². The third-order valence-electron chi connectivity index (χ3n) is 4.95. The lowest BCUT2D eigenvalue weighted by molar-refractivity contribution is -0.132. The highest BCUT2D eigenvalue weighted by molar-refractivity contribution is 6.74. The Morgan fingerprint density at radius 1 is 1.10 bits per heavy atom. The summed E-state index contributed by atoms with van der Waals surface area (Å²) >= 11 is 0. The Kier molecular flexibility index (Phi) is 6.65. The average Bonchev–Trinajstić information content (AvgIpc) is 2.32. The number of rotatable bonds is 7. The largest absolute Gasteiger partial charge is 0.413 e. The molecule has 0 spiro atoms. The molecule has 0 aromatic rings. The van der Waals surface area contributed by atoms with E-state index in [2.05, 4.69) is 54.3 Å². The Labute approximate surface area is 133 Å². The maximum atomic E-state index is 12.7. The molecule has 2 atom stereocenters. The van der Waals surface area contributed by atoms with Crippen LogP contribution >= 0.6 is 0 Å². The Bertz CT molecular complexity index is 375. The number of ketones is 1.